The molecule has 1 saturated carbocycles. The van der Waals surface area contributed by atoms with E-state index in [2.05, 4.69) is 44.9 Å². The van der Waals surface area contributed by atoms with Crippen LogP contribution >= 0.6 is 19.5 Å². The van der Waals surface area contributed by atoms with Gasteiger partial charge in [-0.3, -0.25) is 0 Å². The second-order valence-corrected chi connectivity index (χ2v) is 11.6. The van der Waals surface area contributed by atoms with Crippen molar-refractivity contribution >= 4 is 53.7 Å². The van der Waals surface area contributed by atoms with E-state index in [4.69, 9.17) is 16.3 Å². The smallest absolute Gasteiger partial charge is 0.229 e. The number of para-hydroxylation sites is 1. The van der Waals surface area contributed by atoms with Gasteiger partial charge in [-0.15, -0.1) is 0 Å². The number of hydrogen-bond donors (Lipinski definition) is 2. The fourth-order valence-electron chi connectivity index (χ4n) is 4.28. The van der Waals surface area contributed by atoms with Crippen LogP contribution in [0.25, 0.3) is 0 Å². The van der Waals surface area contributed by atoms with Gasteiger partial charge in [0, 0.05) is 36.3 Å². The molecule has 1 aliphatic carbocycles. The molecule has 2 aliphatic rings. The van der Waals surface area contributed by atoms with Crippen LogP contribution in [0.2, 0.25) is 5.02 Å². The Labute approximate surface area is 199 Å². The lowest BCUT2D eigenvalue weighted by Crippen LogP contribution is -2.48. The lowest BCUT2D eigenvalue weighted by atomic mass is 9.95. The van der Waals surface area contributed by atoms with E-state index in [1.807, 2.05) is 18.2 Å². The van der Waals surface area contributed by atoms with E-state index >= 15 is 0 Å². The first kappa shape index (κ1) is 22.2. The highest BCUT2D eigenvalue weighted by Crippen LogP contribution is 2.55. The third kappa shape index (κ3) is 4.44. The second kappa shape index (κ2) is 8.62. The predicted molar refractivity (Wildman–Crippen MR) is 135 cm³/mol. The van der Waals surface area contributed by atoms with Gasteiger partial charge < -0.3 is 20.3 Å². The Kier molecular flexibility index (Phi) is 5.79. The van der Waals surface area contributed by atoms with Crippen molar-refractivity contribution in [2.45, 2.75) is 12.8 Å². The predicted octanol–water partition coefficient (Wildman–Crippen LogP) is 5.73. The van der Waals surface area contributed by atoms with Crippen LogP contribution in [0.5, 0.6) is 5.75 Å². The minimum absolute atomic E-state index is 0.298. The van der Waals surface area contributed by atoms with Crippen molar-refractivity contribution in [2.24, 2.45) is 5.41 Å². The summed E-state index contributed by atoms with van der Waals surface area (Å²) >= 11 is 6.39. The van der Waals surface area contributed by atoms with Crippen LogP contribution in [-0.2, 0) is 0 Å². The highest BCUT2D eigenvalue weighted by atomic mass is 35.5. The highest BCUT2D eigenvalue weighted by Gasteiger charge is 2.52. The molecule has 0 radical (unpaired) electrons. The van der Waals surface area contributed by atoms with Gasteiger partial charge in [0.25, 0.3) is 0 Å². The molecule has 33 heavy (non-hydrogen) atoms. The van der Waals surface area contributed by atoms with Crippen LogP contribution < -0.4 is 25.6 Å². The van der Waals surface area contributed by atoms with E-state index in [-0.39, 0.29) is 13.7 Å². The number of hydrogen-bond acceptors (Lipinski definition) is 6. The molecule has 3 aromatic rings. The zero-order chi connectivity index (χ0) is 23.2. The summed E-state index contributed by atoms with van der Waals surface area (Å²) in [5, 5.41) is 8.07. The van der Waals surface area contributed by atoms with Crippen molar-refractivity contribution in [3.05, 3.63) is 53.4 Å². The monoisotopic (exact) mass is 485 g/mol. The van der Waals surface area contributed by atoms with Crippen molar-refractivity contribution in [1.29, 1.82) is 0 Å². The van der Waals surface area contributed by atoms with Crippen LogP contribution in [0.1, 0.15) is 12.8 Å². The Morgan fingerprint density at radius 2 is 1.88 bits per heavy atom. The standard InChI is InChI=1S/C24H26ClFN5OP/c1-32-21-18(10-15(26)11-19(21)31-13-24(14-31)8-9-24)29-23-27-12-16(25)22(30-23)28-17-6-4-5-7-20(17)33(2)3/h4-7,10-12H,8-9,13-14H2,1-3H3,(H2,27,28,29,30). The maximum Gasteiger partial charge on any atom is 0.229 e. The third-order valence-electron chi connectivity index (χ3n) is 6.22. The number of halogens is 2. The van der Waals surface area contributed by atoms with Gasteiger partial charge in [0.15, 0.2) is 11.6 Å². The fourth-order valence-corrected chi connectivity index (χ4v) is 5.42. The Morgan fingerprint density at radius 3 is 2.58 bits per heavy atom. The molecule has 1 spiro atoms. The third-order valence-corrected chi connectivity index (χ3v) is 7.85. The van der Waals surface area contributed by atoms with Gasteiger partial charge in [0.2, 0.25) is 5.95 Å². The van der Waals surface area contributed by atoms with E-state index in [9.17, 15) is 4.39 Å². The topological polar surface area (TPSA) is 62.3 Å². The second-order valence-electron chi connectivity index (χ2n) is 8.91. The highest BCUT2D eigenvalue weighted by molar-refractivity contribution is 7.64. The number of ether oxygens (including phenoxy) is 1. The van der Waals surface area contributed by atoms with Gasteiger partial charge >= 0.3 is 0 Å². The molecule has 0 amide bonds. The molecule has 1 saturated heterocycles. The first-order valence-corrected chi connectivity index (χ1v) is 13.4. The van der Waals surface area contributed by atoms with Crippen molar-refractivity contribution in [1.82, 2.24) is 9.97 Å². The fraction of sp³-hybridized carbons (Fsp3) is 0.333. The Bertz CT molecular complexity index is 1200. The summed E-state index contributed by atoms with van der Waals surface area (Å²) in [6.07, 6.45) is 4.03. The number of anilines is 5. The Balaban J connectivity index is 1.43. The quantitative estimate of drug-likeness (QED) is 0.417. The molecule has 0 unspecified atom stereocenters. The van der Waals surface area contributed by atoms with Gasteiger partial charge in [0.1, 0.15) is 10.8 Å². The lowest BCUT2D eigenvalue weighted by molar-refractivity contribution is 0.371. The maximum absolute atomic E-state index is 14.5. The van der Waals surface area contributed by atoms with Gasteiger partial charge in [-0.05, 0) is 37.5 Å². The number of benzene rings is 2. The van der Waals surface area contributed by atoms with E-state index < -0.39 is 0 Å². The normalized spacial score (nSPS) is 16.0. The summed E-state index contributed by atoms with van der Waals surface area (Å²) in [5.74, 6) is 1.01. The summed E-state index contributed by atoms with van der Waals surface area (Å²) in [7, 11) is 1.28. The molecule has 2 aromatic carbocycles. The summed E-state index contributed by atoms with van der Waals surface area (Å²) in [6.45, 7) is 6.27. The molecular formula is C24H26ClFN5OP. The van der Waals surface area contributed by atoms with Crippen LogP contribution in [-0.4, -0.2) is 43.5 Å². The van der Waals surface area contributed by atoms with Gasteiger partial charge in [-0.2, -0.15) is 4.98 Å². The number of nitrogens with zero attached hydrogens (tertiary/aromatic N) is 3. The number of methoxy groups -OCH3 is 1. The molecule has 9 heteroatoms. The zero-order valence-electron chi connectivity index (χ0n) is 18.8. The van der Waals surface area contributed by atoms with Gasteiger partial charge in [-0.25, -0.2) is 9.37 Å². The van der Waals surface area contributed by atoms with Crippen LogP contribution in [0, 0.1) is 11.2 Å². The minimum Gasteiger partial charge on any atom is -0.492 e. The first-order chi connectivity index (χ1) is 15.9. The number of aromatic nitrogens is 2. The van der Waals surface area contributed by atoms with Gasteiger partial charge in [-0.1, -0.05) is 37.7 Å². The zero-order valence-corrected chi connectivity index (χ0v) is 20.5. The van der Waals surface area contributed by atoms with Crippen molar-refractivity contribution in [3.63, 3.8) is 0 Å². The number of rotatable bonds is 7. The molecule has 0 atom stereocenters. The summed E-state index contributed by atoms with van der Waals surface area (Å²) < 4.78 is 20.2. The largest absolute Gasteiger partial charge is 0.492 e. The maximum atomic E-state index is 14.5. The van der Waals surface area contributed by atoms with E-state index in [1.165, 1.54) is 36.5 Å². The lowest BCUT2D eigenvalue weighted by Gasteiger charge is -2.42. The van der Waals surface area contributed by atoms with Crippen LogP contribution in [0.3, 0.4) is 0 Å². The molecule has 1 aromatic heterocycles. The van der Waals surface area contributed by atoms with Crippen LogP contribution in [0.15, 0.2) is 42.6 Å². The molecule has 0 bridgehead atoms. The molecule has 1 aliphatic heterocycles. The SMILES string of the molecule is COc1c(Nc2ncc(Cl)c(Nc3ccccc3P(C)C)n2)cc(F)cc1N1CC2(CC2)C1. The minimum atomic E-state index is -0.342. The Hall–Kier alpha value is -2.63. The summed E-state index contributed by atoms with van der Waals surface area (Å²) in [4.78, 5) is 11.0. The summed E-state index contributed by atoms with van der Waals surface area (Å²) in [5.41, 5.74) is 2.62. The number of nitrogens with one attached hydrogen (secondary N) is 2. The molecule has 2 N–H and O–H groups in total. The van der Waals surface area contributed by atoms with Crippen molar-refractivity contribution in [3.8, 4) is 5.75 Å². The molecule has 2 fully saturated rings. The molecule has 2 heterocycles. The van der Waals surface area contributed by atoms with Gasteiger partial charge in [0.05, 0.1) is 24.7 Å². The van der Waals surface area contributed by atoms with E-state index in [0.29, 0.717) is 33.6 Å². The molecule has 6 nitrogen and oxygen atoms in total. The van der Waals surface area contributed by atoms with Crippen molar-refractivity contribution in [2.75, 3.05) is 49.1 Å². The van der Waals surface area contributed by atoms with Crippen molar-refractivity contribution < 1.29 is 9.13 Å². The summed E-state index contributed by atoms with van der Waals surface area (Å²) in [6, 6.07) is 11.0. The average Bonchev–Trinajstić information content (AvgIpc) is 3.56. The average molecular weight is 486 g/mol. The molecule has 172 valence electrons. The first-order valence-electron chi connectivity index (χ1n) is 10.8. The molecular weight excluding hydrogens is 460 g/mol. The van der Waals surface area contributed by atoms with E-state index in [0.717, 1.165) is 24.5 Å². The Morgan fingerprint density at radius 1 is 1.12 bits per heavy atom. The van der Waals surface area contributed by atoms with Crippen LogP contribution in [0.4, 0.5) is 33.2 Å². The van der Waals surface area contributed by atoms with E-state index in [1.54, 1.807) is 7.11 Å². The molecule has 5 rings (SSSR count).